The molecule has 0 atom stereocenters. The van der Waals surface area contributed by atoms with E-state index in [9.17, 15) is 9.59 Å². The highest BCUT2D eigenvalue weighted by atomic mass is 16.2. The van der Waals surface area contributed by atoms with Gasteiger partial charge in [0.15, 0.2) is 0 Å². The third-order valence-electron chi connectivity index (χ3n) is 1.54. The first-order valence-electron chi connectivity index (χ1n) is 4.11. The predicted octanol–water partition coefficient (Wildman–Crippen LogP) is 0.672. The highest BCUT2D eigenvalue weighted by molar-refractivity contribution is 5.93. The molecule has 0 rings (SSSR count). The van der Waals surface area contributed by atoms with Crippen molar-refractivity contribution in [3.8, 4) is 0 Å². The van der Waals surface area contributed by atoms with Crippen LogP contribution in [0.25, 0.3) is 0 Å². The van der Waals surface area contributed by atoms with Crippen molar-refractivity contribution in [3.63, 3.8) is 0 Å². The minimum Gasteiger partial charge on any atom is -0.330 e. The maximum atomic E-state index is 11.4. The van der Waals surface area contributed by atoms with E-state index in [0.717, 1.165) is 0 Å². The summed E-state index contributed by atoms with van der Waals surface area (Å²) in [6.07, 6.45) is 0. The zero-order valence-corrected chi connectivity index (χ0v) is 8.87. The summed E-state index contributed by atoms with van der Waals surface area (Å²) in [5, 5.41) is 0. The Balaban J connectivity index is 4.51. The number of carbonyl (C=O) groups excluding carboxylic acids is 2. The van der Waals surface area contributed by atoms with Gasteiger partial charge in [0.1, 0.15) is 0 Å². The molecule has 0 heterocycles. The zero-order valence-electron chi connectivity index (χ0n) is 8.87. The van der Waals surface area contributed by atoms with Crippen molar-refractivity contribution in [2.75, 3.05) is 34.7 Å². The summed E-state index contributed by atoms with van der Waals surface area (Å²) >= 11 is 0. The molecule has 0 bridgehead atoms. The van der Waals surface area contributed by atoms with E-state index >= 15 is 0 Å². The van der Waals surface area contributed by atoms with Gasteiger partial charge in [-0.15, -0.1) is 0 Å². The van der Waals surface area contributed by atoms with Crippen molar-refractivity contribution in [1.29, 1.82) is 0 Å². The highest BCUT2D eigenvalue weighted by Gasteiger charge is 2.22. The van der Waals surface area contributed by atoms with Crippen LogP contribution in [0.1, 0.15) is 6.92 Å². The molecule has 0 aliphatic carbocycles. The number of urea groups is 2. The van der Waals surface area contributed by atoms with Gasteiger partial charge in [-0.1, -0.05) is 0 Å². The van der Waals surface area contributed by atoms with Crippen LogP contribution < -0.4 is 0 Å². The Morgan fingerprint density at radius 1 is 0.923 bits per heavy atom. The number of amides is 4. The van der Waals surface area contributed by atoms with Gasteiger partial charge >= 0.3 is 12.1 Å². The van der Waals surface area contributed by atoms with Crippen molar-refractivity contribution >= 4 is 12.1 Å². The number of rotatable bonds is 1. The number of hydrogen-bond donors (Lipinski definition) is 0. The topological polar surface area (TPSA) is 43.9 Å². The second-order valence-corrected chi connectivity index (χ2v) is 3.10. The van der Waals surface area contributed by atoms with Gasteiger partial charge in [0.25, 0.3) is 0 Å². The van der Waals surface area contributed by atoms with E-state index in [2.05, 4.69) is 0 Å². The summed E-state index contributed by atoms with van der Waals surface area (Å²) in [4.78, 5) is 26.8. The number of hydrogen-bond acceptors (Lipinski definition) is 2. The molecule has 0 spiro atoms. The first kappa shape index (κ1) is 11.7. The third kappa shape index (κ3) is 2.93. The molecular formula is C8H17N3O2. The molecule has 76 valence electrons. The Bertz CT molecular complexity index is 182. The van der Waals surface area contributed by atoms with Crippen LogP contribution in [-0.4, -0.2) is 61.5 Å². The molecular weight excluding hydrogens is 170 g/mol. The second-order valence-electron chi connectivity index (χ2n) is 3.10. The fraction of sp³-hybridized carbons (Fsp3) is 0.750. The van der Waals surface area contributed by atoms with Gasteiger partial charge in [-0.3, -0.25) is 0 Å². The Labute approximate surface area is 78.9 Å². The van der Waals surface area contributed by atoms with Crippen LogP contribution in [-0.2, 0) is 0 Å². The largest absolute Gasteiger partial charge is 0.330 e. The fourth-order valence-corrected chi connectivity index (χ4v) is 0.835. The van der Waals surface area contributed by atoms with E-state index in [0.29, 0.717) is 6.54 Å². The number of carbonyl (C=O) groups is 2. The summed E-state index contributed by atoms with van der Waals surface area (Å²) in [6, 6.07) is -0.581. The average Bonchev–Trinajstić information content (AvgIpc) is 2.04. The van der Waals surface area contributed by atoms with E-state index in [1.165, 1.54) is 14.7 Å². The van der Waals surface area contributed by atoms with Gasteiger partial charge in [-0.05, 0) is 6.92 Å². The lowest BCUT2D eigenvalue weighted by Gasteiger charge is -2.25. The molecule has 0 fully saturated rings. The maximum Gasteiger partial charge on any atom is 0.327 e. The lowest BCUT2D eigenvalue weighted by atomic mass is 10.5. The summed E-state index contributed by atoms with van der Waals surface area (Å²) in [6.45, 7) is 2.15. The van der Waals surface area contributed by atoms with Crippen molar-refractivity contribution in [2.24, 2.45) is 0 Å². The first-order chi connectivity index (χ1) is 5.91. The van der Waals surface area contributed by atoms with Crippen LogP contribution in [0.5, 0.6) is 0 Å². The molecule has 0 aliphatic heterocycles. The summed E-state index contributed by atoms with van der Waals surface area (Å²) in [7, 11) is 6.48. The highest BCUT2D eigenvalue weighted by Crippen LogP contribution is 1.98. The van der Waals surface area contributed by atoms with Gasteiger partial charge in [0.05, 0.1) is 0 Å². The summed E-state index contributed by atoms with van der Waals surface area (Å²) < 4.78 is 0. The lowest BCUT2D eigenvalue weighted by molar-refractivity contribution is 0.155. The molecule has 0 saturated heterocycles. The molecule has 0 unspecified atom stereocenters. The van der Waals surface area contributed by atoms with Crippen LogP contribution >= 0.6 is 0 Å². The Hall–Kier alpha value is -1.26. The fourth-order valence-electron chi connectivity index (χ4n) is 0.835. The standard InChI is InChI=1S/C8H17N3O2/c1-6-11(7(12)9(2)3)8(13)10(4)5/h6H2,1-5H3. The normalized spacial score (nSPS) is 9.31. The molecule has 5 nitrogen and oxygen atoms in total. The van der Waals surface area contributed by atoms with Crippen molar-refractivity contribution in [2.45, 2.75) is 6.92 Å². The molecule has 0 aromatic carbocycles. The van der Waals surface area contributed by atoms with Gasteiger partial charge in [0, 0.05) is 34.7 Å². The van der Waals surface area contributed by atoms with Gasteiger partial charge in [-0.25, -0.2) is 14.5 Å². The van der Waals surface area contributed by atoms with Crippen LogP contribution in [0, 0.1) is 0 Å². The lowest BCUT2D eigenvalue weighted by Crippen LogP contribution is -2.47. The van der Waals surface area contributed by atoms with E-state index < -0.39 is 0 Å². The monoisotopic (exact) mass is 187 g/mol. The molecule has 5 heteroatoms. The molecule has 0 aromatic heterocycles. The molecule has 0 N–H and O–H groups in total. The number of imide groups is 1. The Morgan fingerprint density at radius 3 is 1.38 bits per heavy atom. The van der Waals surface area contributed by atoms with Gasteiger partial charge < -0.3 is 9.80 Å². The zero-order chi connectivity index (χ0) is 10.6. The SMILES string of the molecule is CCN(C(=O)N(C)C)C(=O)N(C)C. The molecule has 0 radical (unpaired) electrons. The molecule has 0 saturated carbocycles. The Morgan fingerprint density at radius 2 is 1.23 bits per heavy atom. The smallest absolute Gasteiger partial charge is 0.327 e. The molecule has 4 amide bonds. The van der Waals surface area contributed by atoms with E-state index in [-0.39, 0.29) is 12.1 Å². The number of nitrogens with zero attached hydrogens (tertiary/aromatic N) is 3. The van der Waals surface area contributed by atoms with Crippen LogP contribution in [0.3, 0.4) is 0 Å². The van der Waals surface area contributed by atoms with Crippen LogP contribution in [0.4, 0.5) is 9.59 Å². The summed E-state index contributed by atoms with van der Waals surface area (Å²) in [5.41, 5.74) is 0. The predicted molar refractivity (Wildman–Crippen MR) is 50.5 cm³/mol. The van der Waals surface area contributed by atoms with Gasteiger partial charge in [0.2, 0.25) is 0 Å². The van der Waals surface area contributed by atoms with Crippen molar-refractivity contribution in [1.82, 2.24) is 14.7 Å². The minimum absolute atomic E-state index is 0.291. The summed E-state index contributed by atoms with van der Waals surface area (Å²) in [5.74, 6) is 0. The van der Waals surface area contributed by atoms with E-state index in [1.807, 2.05) is 0 Å². The van der Waals surface area contributed by atoms with Gasteiger partial charge in [-0.2, -0.15) is 0 Å². The first-order valence-corrected chi connectivity index (χ1v) is 4.11. The minimum atomic E-state index is -0.291. The maximum absolute atomic E-state index is 11.4. The van der Waals surface area contributed by atoms with Crippen LogP contribution in [0.15, 0.2) is 0 Å². The second kappa shape index (κ2) is 4.69. The van der Waals surface area contributed by atoms with E-state index in [4.69, 9.17) is 0 Å². The van der Waals surface area contributed by atoms with Crippen molar-refractivity contribution in [3.05, 3.63) is 0 Å². The molecule has 13 heavy (non-hydrogen) atoms. The van der Waals surface area contributed by atoms with Crippen molar-refractivity contribution < 1.29 is 9.59 Å². The molecule has 0 aliphatic rings. The quantitative estimate of drug-likeness (QED) is 0.605. The Kier molecular flexibility index (Phi) is 4.23. The van der Waals surface area contributed by atoms with Crippen LogP contribution in [0.2, 0.25) is 0 Å². The van der Waals surface area contributed by atoms with E-state index in [1.54, 1.807) is 35.1 Å². The third-order valence-corrected chi connectivity index (χ3v) is 1.54. The average molecular weight is 187 g/mol. The molecule has 0 aromatic rings.